The molecule has 0 saturated heterocycles. The maximum absolute atomic E-state index is 11.9. The number of nitrogens with one attached hydrogen (secondary N) is 1. The van der Waals surface area contributed by atoms with Gasteiger partial charge in [0.25, 0.3) is 0 Å². The van der Waals surface area contributed by atoms with Crippen molar-refractivity contribution < 1.29 is 14.3 Å². The highest BCUT2D eigenvalue weighted by Crippen LogP contribution is 2.38. The summed E-state index contributed by atoms with van der Waals surface area (Å²) in [4.78, 5) is 11.9. The Morgan fingerprint density at radius 2 is 1.56 bits per heavy atom. The van der Waals surface area contributed by atoms with Crippen molar-refractivity contribution in [3.05, 3.63) is 22.3 Å². The van der Waals surface area contributed by atoms with Crippen molar-refractivity contribution in [3.8, 4) is 11.5 Å². The van der Waals surface area contributed by atoms with Crippen LogP contribution in [-0.4, -0.2) is 32.2 Å². The molecule has 0 aromatic heterocycles. The number of carbonyl (C=O) groups excluding carboxylic acids is 1. The molecule has 1 rings (SSSR count). The fourth-order valence-corrected chi connectivity index (χ4v) is 3.23. The van der Waals surface area contributed by atoms with Gasteiger partial charge in [0.1, 0.15) is 11.5 Å². The van der Waals surface area contributed by atoms with Crippen LogP contribution in [0, 0.1) is 20.8 Å². The minimum atomic E-state index is -0.445. The second kappa shape index (κ2) is 9.66. The highest BCUT2D eigenvalue weighted by molar-refractivity contribution is 5.81. The zero-order valence-electron chi connectivity index (χ0n) is 16.8. The second-order valence-electron chi connectivity index (χ2n) is 6.94. The van der Waals surface area contributed by atoms with E-state index in [4.69, 9.17) is 15.2 Å². The number of ether oxygens (including phenoxy) is 2. The van der Waals surface area contributed by atoms with Gasteiger partial charge in [-0.15, -0.1) is 0 Å². The van der Waals surface area contributed by atoms with Crippen molar-refractivity contribution in [2.24, 2.45) is 5.73 Å². The number of carbonyl (C=O) groups is 1. The molecule has 0 aliphatic rings. The van der Waals surface area contributed by atoms with E-state index in [0.29, 0.717) is 6.42 Å². The highest BCUT2D eigenvalue weighted by Gasteiger charge is 2.19. The van der Waals surface area contributed by atoms with Gasteiger partial charge >= 0.3 is 0 Å². The van der Waals surface area contributed by atoms with E-state index >= 15 is 0 Å². The zero-order chi connectivity index (χ0) is 19.1. The molecule has 0 fully saturated rings. The Morgan fingerprint density at radius 1 is 1.00 bits per heavy atom. The predicted octanol–water partition coefficient (Wildman–Crippen LogP) is 3.19. The number of methoxy groups -OCH3 is 2. The molecular formula is C20H34N2O3. The number of rotatable bonds is 9. The summed E-state index contributed by atoms with van der Waals surface area (Å²) in [5, 5.41) is 2.86. The van der Waals surface area contributed by atoms with Gasteiger partial charge in [-0.1, -0.05) is 6.42 Å². The highest BCUT2D eigenvalue weighted by atomic mass is 16.5. The summed E-state index contributed by atoms with van der Waals surface area (Å²) in [7, 11) is 3.42. The zero-order valence-corrected chi connectivity index (χ0v) is 16.8. The first-order chi connectivity index (χ1) is 11.7. The average molecular weight is 351 g/mol. The van der Waals surface area contributed by atoms with Crippen LogP contribution in [0.5, 0.6) is 11.5 Å². The molecule has 0 spiro atoms. The van der Waals surface area contributed by atoms with Crippen LogP contribution in [0.25, 0.3) is 0 Å². The first kappa shape index (κ1) is 21.3. The van der Waals surface area contributed by atoms with Crippen molar-refractivity contribution in [3.63, 3.8) is 0 Å². The third-order valence-corrected chi connectivity index (χ3v) is 4.68. The first-order valence-electron chi connectivity index (χ1n) is 9.01. The number of benzene rings is 1. The van der Waals surface area contributed by atoms with Crippen LogP contribution >= 0.6 is 0 Å². The lowest BCUT2D eigenvalue weighted by atomic mass is 9.93. The Hall–Kier alpha value is -1.75. The summed E-state index contributed by atoms with van der Waals surface area (Å²) < 4.78 is 11.2. The van der Waals surface area contributed by atoms with Crippen LogP contribution in [0.3, 0.4) is 0 Å². The van der Waals surface area contributed by atoms with E-state index in [1.54, 1.807) is 14.2 Å². The van der Waals surface area contributed by atoms with Gasteiger partial charge in [0.2, 0.25) is 5.91 Å². The molecule has 25 heavy (non-hydrogen) atoms. The number of amides is 1. The van der Waals surface area contributed by atoms with E-state index in [1.807, 2.05) is 13.8 Å². The van der Waals surface area contributed by atoms with E-state index in [9.17, 15) is 4.79 Å². The summed E-state index contributed by atoms with van der Waals surface area (Å²) in [5.74, 6) is 1.80. The van der Waals surface area contributed by atoms with Gasteiger partial charge in [0.15, 0.2) is 0 Å². The van der Waals surface area contributed by atoms with Gasteiger partial charge in [0, 0.05) is 11.6 Å². The first-order valence-corrected chi connectivity index (χ1v) is 9.01. The maximum Gasteiger partial charge on any atom is 0.237 e. The third-order valence-electron chi connectivity index (χ3n) is 4.68. The van der Waals surface area contributed by atoms with E-state index in [0.717, 1.165) is 47.5 Å². The van der Waals surface area contributed by atoms with Gasteiger partial charge in [0.05, 0.1) is 20.3 Å². The van der Waals surface area contributed by atoms with Gasteiger partial charge < -0.3 is 20.5 Å². The molecule has 0 aliphatic heterocycles. The molecule has 3 N–H and O–H groups in total. The monoisotopic (exact) mass is 350 g/mol. The number of unbranched alkanes of at least 4 members (excludes halogenated alkanes) is 1. The summed E-state index contributed by atoms with van der Waals surface area (Å²) >= 11 is 0. The summed E-state index contributed by atoms with van der Waals surface area (Å²) in [6.07, 6.45) is 3.41. The Balaban J connectivity index is 2.75. The van der Waals surface area contributed by atoms with E-state index in [-0.39, 0.29) is 11.9 Å². The van der Waals surface area contributed by atoms with Crippen LogP contribution in [0.15, 0.2) is 0 Å². The lowest BCUT2D eigenvalue weighted by molar-refractivity contribution is -0.123. The molecule has 1 amide bonds. The van der Waals surface area contributed by atoms with Crippen molar-refractivity contribution in [1.29, 1.82) is 0 Å². The minimum Gasteiger partial charge on any atom is -0.496 e. The molecule has 142 valence electrons. The van der Waals surface area contributed by atoms with Crippen molar-refractivity contribution in [1.82, 2.24) is 5.32 Å². The smallest absolute Gasteiger partial charge is 0.237 e. The lowest BCUT2D eigenvalue weighted by Crippen LogP contribution is -2.43. The molecular weight excluding hydrogens is 316 g/mol. The maximum atomic E-state index is 11.9. The molecule has 0 saturated carbocycles. The minimum absolute atomic E-state index is 0.0726. The van der Waals surface area contributed by atoms with Gasteiger partial charge in [-0.2, -0.15) is 0 Å². The molecule has 0 aliphatic carbocycles. The Kier molecular flexibility index (Phi) is 8.23. The molecule has 1 atom stereocenters. The average Bonchev–Trinajstić information content (AvgIpc) is 2.55. The SMILES string of the molecule is COc1c(C)c(C)c(OC)c(CCCCC(N)C(=O)NC(C)C)c1C. The normalized spacial score (nSPS) is 12.2. The second-order valence-corrected chi connectivity index (χ2v) is 6.94. The van der Waals surface area contributed by atoms with Crippen LogP contribution in [0.4, 0.5) is 0 Å². The van der Waals surface area contributed by atoms with E-state index in [1.165, 1.54) is 5.56 Å². The molecule has 1 unspecified atom stereocenters. The predicted molar refractivity (Wildman–Crippen MR) is 103 cm³/mol. The number of hydrogen-bond donors (Lipinski definition) is 2. The van der Waals surface area contributed by atoms with Crippen molar-refractivity contribution in [2.75, 3.05) is 14.2 Å². The summed E-state index contributed by atoms with van der Waals surface area (Å²) in [5.41, 5.74) is 10.5. The van der Waals surface area contributed by atoms with Gasteiger partial charge in [-0.3, -0.25) is 4.79 Å². The van der Waals surface area contributed by atoms with Gasteiger partial charge in [-0.25, -0.2) is 0 Å². The van der Waals surface area contributed by atoms with Crippen molar-refractivity contribution in [2.45, 2.75) is 72.4 Å². The third kappa shape index (κ3) is 5.36. The molecule has 1 aromatic carbocycles. The Morgan fingerprint density at radius 3 is 2.08 bits per heavy atom. The Bertz CT molecular complexity index is 597. The summed E-state index contributed by atoms with van der Waals surface area (Å²) in [6.45, 7) is 10.1. The number of hydrogen-bond acceptors (Lipinski definition) is 4. The molecule has 5 nitrogen and oxygen atoms in total. The quantitative estimate of drug-likeness (QED) is 0.671. The lowest BCUT2D eigenvalue weighted by Gasteiger charge is -2.20. The van der Waals surface area contributed by atoms with E-state index in [2.05, 4.69) is 26.1 Å². The fraction of sp³-hybridized carbons (Fsp3) is 0.650. The van der Waals surface area contributed by atoms with Crippen LogP contribution in [-0.2, 0) is 11.2 Å². The standard InChI is InChI=1S/C20H34N2O3/c1-12(2)22-20(23)17(21)11-9-8-10-16-15(5)18(24-6)13(3)14(4)19(16)25-7/h12,17H,8-11,21H2,1-7H3,(H,22,23). The largest absolute Gasteiger partial charge is 0.496 e. The van der Waals surface area contributed by atoms with Crippen molar-refractivity contribution >= 4 is 5.91 Å². The van der Waals surface area contributed by atoms with Gasteiger partial charge in [-0.05, 0) is 70.6 Å². The molecule has 1 aromatic rings. The van der Waals surface area contributed by atoms with Crippen LogP contribution in [0.1, 0.15) is 55.4 Å². The Labute approximate surface area is 152 Å². The molecule has 0 bridgehead atoms. The summed E-state index contributed by atoms with van der Waals surface area (Å²) in [6, 6.07) is -0.326. The topological polar surface area (TPSA) is 73.6 Å². The van der Waals surface area contributed by atoms with Crippen LogP contribution in [0.2, 0.25) is 0 Å². The number of nitrogens with two attached hydrogens (primary N) is 1. The molecule has 0 heterocycles. The molecule has 5 heteroatoms. The van der Waals surface area contributed by atoms with E-state index < -0.39 is 6.04 Å². The molecule has 0 radical (unpaired) electrons. The fourth-order valence-electron chi connectivity index (χ4n) is 3.23. The van der Waals surface area contributed by atoms with Crippen LogP contribution < -0.4 is 20.5 Å².